The quantitative estimate of drug-likeness (QED) is 0.864. The number of aliphatic hydroxyl groups excluding tert-OH is 1. The lowest BCUT2D eigenvalue weighted by molar-refractivity contribution is 0.0888. The first-order chi connectivity index (χ1) is 8.63. The van der Waals surface area contributed by atoms with E-state index in [4.69, 9.17) is 4.74 Å². The van der Waals surface area contributed by atoms with Crippen LogP contribution in [-0.2, 0) is 0 Å². The van der Waals surface area contributed by atoms with Crippen LogP contribution >= 0.6 is 0 Å². The molecule has 0 aromatic heterocycles. The van der Waals surface area contributed by atoms with Crippen LogP contribution in [0.2, 0.25) is 0 Å². The molecule has 0 aliphatic carbocycles. The van der Waals surface area contributed by atoms with Crippen molar-refractivity contribution in [3.8, 4) is 5.75 Å². The van der Waals surface area contributed by atoms with E-state index in [1.165, 1.54) is 0 Å². The number of aliphatic hydroxyl groups is 1. The average Bonchev–Trinajstić information content (AvgIpc) is 2.38. The molecule has 0 spiro atoms. The van der Waals surface area contributed by atoms with Crippen molar-refractivity contribution >= 4 is 0 Å². The summed E-state index contributed by atoms with van der Waals surface area (Å²) in [6.07, 6.45) is 1.74. The van der Waals surface area contributed by atoms with Crippen molar-refractivity contribution in [1.29, 1.82) is 0 Å². The Labute approximate surface area is 109 Å². The molecule has 0 radical (unpaired) electrons. The predicted octanol–water partition coefficient (Wildman–Crippen LogP) is 2.35. The summed E-state index contributed by atoms with van der Waals surface area (Å²) in [6.45, 7) is 6.08. The number of nitrogens with one attached hydrogen (secondary N) is 1. The fourth-order valence-electron chi connectivity index (χ4n) is 2.91. The largest absolute Gasteiger partial charge is 0.496 e. The van der Waals surface area contributed by atoms with E-state index < -0.39 is 0 Å². The molecule has 1 saturated heterocycles. The van der Waals surface area contributed by atoms with E-state index in [0.717, 1.165) is 48.4 Å². The standard InChI is InChI=1S/C15H23NO2/c1-10-8-13(9-11(2)15(10)18-3)14(17)12-4-6-16-7-5-12/h8-9,12,14,16-17H,4-7H2,1-3H3. The summed E-state index contributed by atoms with van der Waals surface area (Å²) >= 11 is 0. The third kappa shape index (κ3) is 2.68. The number of ether oxygens (including phenoxy) is 1. The molecule has 2 rings (SSSR count). The molecule has 1 aliphatic rings. The highest BCUT2D eigenvalue weighted by Crippen LogP contribution is 2.33. The number of hydrogen-bond acceptors (Lipinski definition) is 3. The number of piperidine rings is 1. The van der Waals surface area contributed by atoms with Gasteiger partial charge in [0.25, 0.3) is 0 Å². The van der Waals surface area contributed by atoms with Crippen LogP contribution in [0, 0.1) is 19.8 Å². The molecule has 0 saturated carbocycles. The number of aryl methyl sites for hydroxylation is 2. The highest BCUT2D eigenvalue weighted by Gasteiger charge is 2.23. The lowest BCUT2D eigenvalue weighted by atomic mass is 9.87. The minimum absolute atomic E-state index is 0.351. The lowest BCUT2D eigenvalue weighted by Crippen LogP contribution is -2.30. The van der Waals surface area contributed by atoms with Gasteiger partial charge in [-0.3, -0.25) is 0 Å². The van der Waals surface area contributed by atoms with E-state index in [1.807, 2.05) is 13.8 Å². The van der Waals surface area contributed by atoms with Crippen molar-refractivity contribution in [1.82, 2.24) is 5.32 Å². The van der Waals surface area contributed by atoms with Crippen molar-refractivity contribution in [3.63, 3.8) is 0 Å². The minimum Gasteiger partial charge on any atom is -0.496 e. The summed E-state index contributed by atoms with van der Waals surface area (Å²) in [7, 11) is 1.69. The van der Waals surface area contributed by atoms with Crippen LogP contribution in [0.5, 0.6) is 5.75 Å². The van der Waals surface area contributed by atoms with Crippen molar-refractivity contribution in [2.45, 2.75) is 32.8 Å². The molecule has 0 bridgehead atoms. The van der Waals surface area contributed by atoms with Gasteiger partial charge in [0, 0.05) is 0 Å². The smallest absolute Gasteiger partial charge is 0.124 e. The Hall–Kier alpha value is -1.06. The number of methoxy groups -OCH3 is 1. The van der Waals surface area contributed by atoms with E-state index in [9.17, 15) is 5.11 Å². The fourth-order valence-corrected chi connectivity index (χ4v) is 2.91. The summed E-state index contributed by atoms with van der Waals surface area (Å²) in [6, 6.07) is 4.11. The van der Waals surface area contributed by atoms with Crippen LogP contribution < -0.4 is 10.1 Å². The second kappa shape index (κ2) is 5.72. The van der Waals surface area contributed by atoms with Crippen LogP contribution in [0.1, 0.15) is 35.6 Å². The summed E-state index contributed by atoms with van der Waals surface area (Å²) in [4.78, 5) is 0. The fraction of sp³-hybridized carbons (Fsp3) is 0.600. The Morgan fingerprint density at radius 1 is 1.22 bits per heavy atom. The predicted molar refractivity (Wildman–Crippen MR) is 73.0 cm³/mol. The van der Waals surface area contributed by atoms with Crippen molar-refractivity contribution < 1.29 is 9.84 Å². The number of benzene rings is 1. The molecule has 3 heteroatoms. The molecule has 1 atom stereocenters. The van der Waals surface area contributed by atoms with Gasteiger partial charge in [-0.05, 0) is 74.5 Å². The molecule has 1 fully saturated rings. The highest BCUT2D eigenvalue weighted by molar-refractivity contribution is 5.44. The van der Waals surface area contributed by atoms with Gasteiger partial charge in [0.05, 0.1) is 13.2 Å². The Balaban J connectivity index is 2.22. The topological polar surface area (TPSA) is 41.5 Å². The van der Waals surface area contributed by atoms with Gasteiger partial charge >= 0.3 is 0 Å². The molecule has 18 heavy (non-hydrogen) atoms. The second-order valence-corrected chi connectivity index (χ2v) is 5.22. The Morgan fingerprint density at radius 2 is 1.78 bits per heavy atom. The third-order valence-corrected chi connectivity index (χ3v) is 3.86. The van der Waals surface area contributed by atoms with Gasteiger partial charge in [-0.1, -0.05) is 0 Å². The van der Waals surface area contributed by atoms with E-state index in [2.05, 4.69) is 17.4 Å². The van der Waals surface area contributed by atoms with Gasteiger partial charge in [-0.2, -0.15) is 0 Å². The lowest BCUT2D eigenvalue weighted by Gasteiger charge is -2.28. The highest BCUT2D eigenvalue weighted by atomic mass is 16.5. The van der Waals surface area contributed by atoms with Gasteiger partial charge in [0.1, 0.15) is 5.75 Å². The van der Waals surface area contributed by atoms with Gasteiger partial charge in [-0.25, -0.2) is 0 Å². The van der Waals surface area contributed by atoms with Gasteiger partial charge in [-0.15, -0.1) is 0 Å². The molecule has 1 aromatic carbocycles. The third-order valence-electron chi connectivity index (χ3n) is 3.86. The van der Waals surface area contributed by atoms with Crippen LogP contribution in [0.25, 0.3) is 0 Å². The zero-order chi connectivity index (χ0) is 13.1. The maximum atomic E-state index is 10.5. The zero-order valence-corrected chi connectivity index (χ0v) is 11.5. The van der Waals surface area contributed by atoms with Gasteiger partial charge < -0.3 is 15.2 Å². The normalized spacial score (nSPS) is 18.7. The summed E-state index contributed by atoms with van der Waals surface area (Å²) < 4.78 is 5.36. The van der Waals surface area contributed by atoms with E-state index in [1.54, 1.807) is 7.11 Å². The van der Waals surface area contributed by atoms with Gasteiger partial charge in [0.2, 0.25) is 0 Å². The summed E-state index contributed by atoms with van der Waals surface area (Å²) in [5.74, 6) is 1.30. The van der Waals surface area contributed by atoms with Gasteiger partial charge in [0.15, 0.2) is 0 Å². The van der Waals surface area contributed by atoms with Crippen molar-refractivity contribution in [2.75, 3.05) is 20.2 Å². The van der Waals surface area contributed by atoms with E-state index in [0.29, 0.717) is 5.92 Å². The van der Waals surface area contributed by atoms with E-state index >= 15 is 0 Å². The Morgan fingerprint density at radius 3 is 2.28 bits per heavy atom. The first-order valence-corrected chi connectivity index (χ1v) is 6.67. The molecular weight excluding hydrogens is 226 g/mol. The Kier molecular flexibility index (Phi) is 4.25. The Bertz CT molecular complexity index is 388. The molecular formula is C15H23NO2. The molecule has 1 heterocycles. The molecule has 3 nitrogen and oxygen atoms in total. The van der Waals surface area contributed by atoms with Crippen LogP contribution in [-0.4, -0.2) is 25.3 Å². The monoisotopic (exact) mass is 249 g/mol. The average molecular weight is 249 g/mol. The maximum absolute atomic E-state index is 10.5. The number of rotatable bonds is 3. The molecule has 1 unspecified atom stereocenters. The van der Waals surface area contributed by atoms with Crippen LogP contribution in [0.4, 0.5) is 0 Å². The van der Waals surface area contributed by atoms with E-state index in [-0.39, 0.29) is 6.10 Å². The number of hydrogen-bond donors (Lipinski definition) is 2. The molecule has 2 N–H and O–H groups in total. The second-order valence-electron chi connectivity index (χ2n) is 5.22. The first kappa shape index (κ1) is 13.4. The molecule has 1 aliphatic heterocycles. The zero-order valence-electron chi connectivity index (χ0n) is 11.5. The van der Waals surface area contributed by atoms with Crippen LogP contribution in [0.15, 0.2) is 12.1 Å². The van der Waals surface area contributed by atoms with Crippen molar-refractivity contribution in [2.24, 2.45) is 5.92 Å². The molecule has 100 valence electrons. The molecule has 0 amide bonds. The van der Waals surface area contributed by atoms with Crippen molar-refractivity contribution in [3.05, 3.63) is 28.8 Å². The first-order valence-electron chi connectivity index (χ1n) is 6.67. The minimum atomic E-state index is -0.351. The SMILES string of the molecule is COc1c(C)cc(C(O)C2CCNCC2)cc1C. The summed E-state index contributed by atoms with van der Waals surface area (Å²) in [5.41, 5.74) is 3.22. The van der Waals surface area contributed by atoms with Crippen LogP contribution in [0.3, 0.4) is 0 Å². The molecule has 1 aromatic rings. The summed E-state index contributed by atoms with van der Waals surface area (Å²) in [5, 5.41) is 13.8. The maximum Gasteiger partial charge on any atom is 0.124 e.